The van der Waals surface area contributed by atoms with Crippen LogP contribution in [0.25, 0.3) is 11.3 Å². The third-order valence-corrected chi connectivity index (χ3v) is 8.85. The van der Waals surface area contributed by atoms with E-state index >= 15 is 0 Å². The van der Waals surface area contributed by atoms with Gasteiger partial charge in [-0.2, -0.15) is 0 Å². The second-order valence-corrected chi connectivity index (χ2v) is 14.8. The Bertz CT molecular complexity index is 2030. The molecule has 16 nitrogen and oxygen atoms in total. The lowest BCUT2D eigenvalue weighted by Gasteiger charge is -2.35. The van der Waals surface area contributed by atoms with Gasteiger partial charge >= 0.3 is 12.2 Å². The molecule has 3 rings (SSSR count). The number of aliphatic hydroxyl groups is 1. The number of alkyl carbamates (subject to hydrolysis) is 2. The maximum Gasteiger partial charge on any atom is 0.407 e. The van der Waals surface area contributed by atoms with Crippen LogP contribution in [-0.4, -0.2) is 124 Å². The first-order chi connectivity index (χ1) is 32.3. The van der Waals surface area contributed by atoms with E-state index in [-0.39, 0.29) is 32.8 Å². The fourth-order valence-corrected chi connectivity index (χ4v) is 5.71. The third-order valence-electron chi connectivity index (χ3n) is 8.85. The number of pyridine rings is 1. The highest BCUT2D eigenvalue weighted by molar-refractivity contribution is 5.87. The van der Waals surface area contributed by atoms with E-state index in [1.807, 2.05) is 17.4 Å². The van der Waals surface area contributed by atoms with Crippen LogP contribution in [0.3, 0.4) is 0 Å². The fourth-order valence-electron chi connectivity index (χ4n) is 5.71. The van der Waals surface area contributed by atoms with Crippen LogP contribution in [0.1, 0.15) is 64.8 Å². The molecule has 330 valence electrons. The Labute approximate surface area is 366 Å². The molecule has 0 fully saturated rings. The number of hydrogen-bond acceptors (Lipinski definition) is 12. The lowest BCUT2D eigenvalue weighted by atomic mass is 9.85. The molecule has 1 aromatic heterocycles. The molecule has 4 amide bonds. The predicted octanol–water partition coefficient (Wildman–Crippen LogP) is 4.26. The quantitative estimate of drug-likeness (QED) is 0.0673. The van der Waals surface area contributed by atoms with Crippen molar-refractivity contribution in [1.82, 2.24) is 31.4 Å². The van der Waals surface area contributed by atoms with Gasteiger partial charge in [0.1, 0.15) is 18.7 Å². The molecule has 60 heavy (non-hydrogen) atoms. The number of aromatic nitrogens is 1. The van der Waals surface area contributed by atoms with E-state index < -0.39 is 86.2 Å². The normalized spacial score (nSPS) is 16.6. The molecule has 0 radical (unpaired) electrons. The zero-order valence-electron chi connectivity index (χ0n) is 43.7. The number of nitrogens with zero attached hydrogens (tertiary/aromatic N) is 2. The van der Waals surface area contributed by atoms with Crippen molar-refractivity contribution in [2.75, 3.05) is 60.4 Å². The van der Waals surface area contributed by atoms with Crippen molar-refractivity contribution < 1.29 is 60.3 Å². The van der Waals surface area contributed by atoms with Crippen molar-refractivity contribution in [3.05, 3.63) is 90.1 Å². The number of hydrazine groups is 1. The molecule has 2 aromatic carbocycles. The standard InChI is InChI=1S/C44H64N6O10/c1-43(2,3)37(47-41(54)57-8)39(52)46-35(28-31-14-10-9-11-15-31)36(51)30-50(29-32-17-19-33(20-18-32)34-16-12-13-21-45-34)49-40(53)38(44(4,5)6)48-42(55)60-27-26-59-25-24-58-23-22-56-7/h9-21,35-38,51H,22-30H2,1-8H3,(H,46,52)(H,47,54)(H,48,55)(H,49,53)/t35-,36-,37+,38+/m0/s1/i1D3,2D3,3D3. The van der Waals surface area contributed by atoms with Gasteiger partial charge in [-0.3, -0.25) is 20.0 Å². The first-order valence-corrected chi connectivity index (χ1v) is 19.3. The first-order valence-electron chi connectivity index (χ1n) is 23.8. The van der Waals surface area contributed by atoms with E-state index in [4.69, 9.17) is 31.3 Å². The number of methoxy groups -OCH3 is 2. The van der Waals surface area contributed by atoms with Crippen molar-refractivity contribution in [2.45, 2.75) is 78.5 Å². The number of hydrogen-bond donors (Lipinski definition) is 5. The molecule has 16 heteroatoms. The summed E-state index contributed by atoms with van der Waals surface area (Å²) in [6.45, 7) is -6.08. The highest BCUT2D eigenvalue weighted by Crippen LogP contribution is 2.23. The third kappa shape index (κ3) is 17.6. The summed E-state index contributed by atoms with van der Waals surface area (Å²) in [5.41, 5.74) is 0.502. The molecule has 4 atom stereocenters. The minimum absolute atomic E-state index is 0.0437. The van der Waals surface area contributed by atoms with Gasteiger partial charge in [0.05, 0.1) is 58.0 Å². The number of amides is 4. The number of nitrogens with one attached hydrogen (secondary N) is 4. The van der Waals surface area contributed by atoms with Crippen LogP contribution < -0.4 is 21.4 Å². The highest BCUT2D eigenvalue weighted by atomic mass is 16.6. The summed E-state index contributed by atoms with van der Waals surface area (Å²) in [5.74, 6) is -2.33. The maximum absolute atomic E-state index is 14.5. The summed E-state index contributed by atoms with van der Waals surface area (Å²) in [4.78, 5) is 58.8. The van der Waals surface area contributed by atoms with Gasteiger partial charge < -0.3 is 44.7 Å². The van der Waals surface area contributed by atoms with Gasteiger partial charge in [-0.25, -0.2) is 14.6 Å². The molecule has 3 aromatic rings. The van der Waals surface area contributed by atoms with Crippen LogP contribution in [0.5, 0.6) is 0 Å². The molecule has 5 N–H and O–H groups in total. The lowest BCUT2D eigenvalue weighted by molar-refractivity contribution is -0.132. The Kier molecular flexibility index (Phi) is 15.2. The summed E-state index contributed by atoms with van der Waals surface area (Å²) in [7, 11) is 2.39. The van der Waals surface area contributed by atoms with Gasteiger partial charge in [-0.05, 0) is 40.5 Å². The molecule has 0 aliphatic rings. The van der Waals surface area contributed by atoms with Crippen molar-refractivity contribution in [3.8, 4) is 11.3 Å². The minimum Gasteiger partial charge on any atom is -0.453 e. The Balaban J connectivity index is 2.03. The first kappa shape index (κ1) is 36.7. The van der Waals surface area contributed by atoms with E-state index in [0.29, 0.717) is 36.6 Å². The van der Waals surface area contributed by atoms with Crippen molar-refractivity contribution in [3.63, 3.8) is 0 Å². The molecular weight excluding hydrogens is 773 g/mol. The Morgan fingerprint density at radius 3 is 1.95 bits per heavy atom. The molecule has 0 saturated heterocycles. The maximum atomic E-state index is 14.5. The topological polar surface area (TPSA) is 199 Å². The molecular formula is C44H64N6O10. The van der Waals surface area contributed by atoms with E-state index in [9.17, 15) is 24.3 Å². The van der Waals surface area contributed by atoms with E-state index in [0.717, 1.165) is 12.7 Å². The van der Waals surface area contributed by atoms with Crippen molar-refractivity contribution >= 4 is 24.0 Å². The van der Waals surface area contributed by atoms with Gasteiger partial charge in [0.15, 0.2) is 0 Å². The summed E-state index contributed by atoms with van der Waals surface area (Å²) in [5, 5.41) is 20.3. The predicted molar refractivity (Wildman–Crippen MR) is 226 cm³/mol. The average molecular weight is 846 g/mol. The number of benzene rings is 2. The molecule has 0 bridgehead atoms. The molecule has 0 spiro atoms. The van der Waals surface area contributed by atoms with Gasteiger partial charge in [0.25, 0.3) is 5.91 Å². The summed E-state index contributed by atoms with van der Waals surface area (Å²) >= 11 is 0. The zero-order chi connectivity index (χ0) is 51.6. The lowest BCUT2D eigenvalue weighted by Crippen LogP contribution is -2.61. The van der Waals surface area contributed by atoms with E-state index in [2.05, 4.69) is 25.8 Å². The van der Waals surface area contributed by atoms with Gasteiger partial charge in [0, 0.05) is 44.3 Å². The summed E-state index contributed by atoms with van der Waals surface area (Å²) in [6.07, 6.45) is -2.74. The zero-order valence-corrected chi connectivity index (χ0v) is 34.7. The average Bonchev–Trinajstić information content (AvgIpc) is 3.26. The number of ether oxygens (including phenoxy) is 5. The summed E-state index contributed by atoms with van der Waals surface area (Å²) in [6, 6.07) is 15.3. The van der Waals surface area contributed by atoms with Crippen molar-refractivity contribution in [1.29, 1.82) is 0 Å². The van der Waals surface area contributed by atoms with E-state index in [1.54, 1.807) is 94.7 Å². The van der Waals surface area contributed by atoms with Crippen LogP contribution in [0.2, 0.25) is 0 Å². The Morgan fingerprint density at radius 2 is 1.35 bits per heavy atom. The molecule has 0 unspecified atom stereocenters. The SMILES string of the molecule is [2H]C([2H])([2H])C([C@H](NC(=O)OC)C(=O)N[C@@H](Cc1ccccc1)[C@@H](O)CN(Cc1ccc(-c2ccccn2)cc1)NC(=O)[C@@H](NC(=O)OCCOCCOCCOC)C(C)(C)C)(C([2H])([2H])[2H])C([2H])([2H])[2H]. The highest BCUT2D eigenvalue weighted by Gasteiger charge is 2.37. The molecule has 0 saturated carbocycles. The number of rotatable bonds is 23. The minimum atomic E-state index is -3.94. The second kappa shape index (κ2) is 24.8. The van der Waals surface area contributed by atoms with Crippen LogP contribution in [0.15, 0.2) is 79.0 Å². The van der Waals surface area contributed by atoms with Gasteiger partial charge in [-0.1, -0.05) is 102 Å². The van der Waals surface area contributed by atoms with E-state index in [1.165, 1.54) is 5.01 Å². The fraction of sp³-hybridized carbons (Fsp3) is 0.523. The van der Waals surface area contributed by atoms with Crippen LogP contribution in [0.4, 0.5) is 9.59 Å². The molecule has 0 aliphatic carbocycles. The molecule has 0 aliphatic heterocycles. The van der Waals surface area contributed by atoms with Crippen LogP contribution in [-0.2, 0) is 46.2 Å². The Morgan fingerprint density at radius 1 is 0.733 bits per heavy atom. The van der Waals surface area contributed by atoms with Crippen molar-refractivity contribution in [2.24, 2.45) is 10.8 Å². The monoisotopic (exact) mass is 846 g/mol. The molecule has 1 heterocycles. The largest absolute Gasteiger partial charge is 0.453 e. The van der Waals surface area contributed by atoms with Crippen LogP contribution in [0, 0.1) is 10.8 Å². The Hall–Kier alpha value is -5.13. The van der Waals surface area contributed by atoms with Crippen LogP contribution >= 0.6 is 0 Å². The number of carbonyl (C=O) groups excluding carboxylic acids is 4. The second-order valence-electron chi connectivity index (χ2n) is 14.8. The summed E-state index contributed by atoms with van der Waals surface area (Å²) < 4.78 is 99.7. The van der Waals surface area contributed by atoms with Gasteiger partial charge in [-0.15, -0.1) is 0 Å². The van der Waals surface area contributed by atoms with Gasteiger partial charge in [0.2, 0.25) is 5.91 Å². The number of aliphatic hydroxyl groups excluding tert-OH is 1. The number of carbonyl (C=O) groups is 4. The smallest absolute Gasteiger partial charge is 0.407 e.